The highest BCUT2D eigenvalue weighted by Gasteiger charge is 2.68. The second-order valence-electron chi connectivity index (χ2n) is 25.6. The lowest BCUT2D eigenvalue weighted by molar-refractivity contribution is -0.281. The van der Waals surface area contributed by atoms with E-state index in [4.69, 9.17) is 47.4 Å². The molecule has 0 amide bonds. The summed E-state index contributed by atoms with van der Waals surface area (Å²) in [7, 11) is 2.54. The zero-order valence-electron chi connectivity index (χ0n) is 58.3. The zero-order valence-corrected chi connectivity index (χ0v) is 58.3. The van der Waals surface area contributed by atoms with E-state index >= 15 is 52.7 Å². The van der Waals surface area contributed by atoms with Crippen molar-refractivity contribution in [3.8, 4) is 0 Å². The smallest absolute Gasteiger partial charge is 0.432 e. The lowest BCUT2D eigenvalue weighted by Gasteiger charge is -2.36. The van der Waals surface area contributed by atoms with Crippen LogP contribution in [0, 0.1) is 0 Å². The number of hydrogen-bond donors (Lipinski definition) is 0. The lowest BCUT2D eigenvalue weighted by Crippen LogP contribution is -2.53. The summed E-state index contributed by atoms with van der Waals surface area (Å²) in [4.78, 5) is 84.0. The van der Waals surface area contributed by atoms with Gasteiger partial charge in [-0.3, -0.25) is 4.79 Å². The third-order valence-corrected chi connectivity index (χ3v) is 18.7. The first-order chi connectivity index (χ1) is 48.8. The van der Waals surface area contributed by atoms with E-state index in [1.807, 2.05) is 0 Å². The average molecular weight is 1480 g/mol. The maximum Gasteiger partial charge on any atom is 0.432 e. The van der Waals surface area contributed by atoms with Crippen molar-refractivity contribution in [2.24, 2.45) is 0 Å². The summed E-state index contributed by atoms with van der Waals surface area (Å²) in [5, 5.41) is 0. The number of esters is 5. The quantitative estimate of drug-likeness (QED) is 0.0176. The van der Waals surface area contributed by atoms with Gasteiger partial charge in [-0.25, -0.2) is 24.0 Å². The van der Waals surface area contributed by atoms with Crippen molar-refractivity contribution in [2.75, 3.05) is 28.4 Å². The molecule has 6 rings (SSSR count). The summed E-state index contributed by atoms with van der Waals surface area (Å²) < 4.78 is 238. The fourth-order valence-electron chi connectivity index (χ4n) is 13.2. The molecule has 1 fully saturated rings. The lowest BCUT2D eigenvalue weighted by atomic mass is 9.92. The number of methoxy groups -OCH3 is 4. The van der Waals surface area contributed by atoms with Crippen molar-refractivity contribution in [3.05, 3.63) is 155 Å². The molecule has 1 saturated heterocycles. The van der Waals surface area contributed by atoms with Gasteiger partial charge in [0, 0.05) is 75.5 Å². The summed E-state index contributed by atoms with van der Waals surface area (Å²) in [5.74, 6) is -9.50. The number of Topliss-reactive ketones (excluding diaryl/α,β-unsaturated/α-hetero) is 1. The van der Waals surface area contributed by atoms with Crippen molar-refractivity contribution >= 4 is 35.6 Å². The van der Waals surface area contributed by atoms with Crippen LogP contribution in [-0.2, 0) is 98.5 Å². The molecule has 103 heavy (non-hydrogen) atoms. The van der Waals surface area contributed by atoms with Crippen LogP contribution in [0.2, 0.25) is 0 Å². The maximum absolute atomic E-state index is 15.5. The first kappa shape index (κ1) is 84.5. The monoisotopic (exact) mass is 1470 g/mol. The molecule has 0 spiro atoms. The van der Waals surface area contributed by atoms with E-state index in [1.54, 1.807) is 0 Å². The third kappa shape index (κ3) is 20.6. The molecule has 2 heterocycles. The van der Waals surface area contributed by atoms with Crippen LogP contribution in [0.3, 0.4) is 0 Å². The Balaban J connectivity index is 1.29. The Morgan fingerprint density at radius 1 is 0.427 bits per heavy atom. The predicted octanol–water partition coefficient (Wildman–Crippen LogP) is 16.9. The zero-order chi connectivity index (χ0) is 75.9. The first-order valence-electron chi connectivity index (χ1n) is 34.4. The summed E-state index contributed by atoms with van der Waals surface area (Å²) in [6.07, 6.45) is -26.2. The largest absolute Gasteiger partial charge is 0.459 e. The van der Waals surface area contributed by atoms with Gasteiger partial charge in [0.05, 0.1) is 12.2 Å². The summed E-state index contributed by atoms with van der Waals surface area (Å²) >= 11 is 0. The van der Waals surface area contributed by atoms with E-state index in [0.717, 1.165) is 99.9 Å². The Bertz CT molecular complexity index is 3360. The van der Waals surface area contributed by atoms with Crippen LogP contribution in [0.5, 0.6) is 0 Å². The van der Waals surface area contributed by atoms with Crippen LogP contribution in [-0.4, -0.2) is 132 Å². The molecule has 570 valence electrons. The van der Waals surface area contributed by atoms with E-state index in [0.29, 0.717) is 41.3 Å². The highest BCUT2D eigenvalue weighted by molar-refractivity contribution is 5.91. The number of halogens is 12. The van der Waals surface area contributed by atoms with Gasteiger partial charge >= 0.3 is 54.6 Å². The Labute approximate surface area is 591 Å². The molecule has 0 N–H and O–H groups in total. The number of benzene rings is 4. The number of carbonyl (C=O) groups is 6. The Morgan fingerprint density at radius 3 is 1.08 bits per heavy atom. The molecule has 0 radical (unpaired) electrons. The average Bonchev–Trinajstić information content (AvgIpc) is 1.55. The minimum atomic E-state index is -5.53. The molecule has 11 atom stereocenters. The molecule has 0 saturated carbocycles. The van der Waals surface area contributed by atoms with E-state index in [1.165, 1.54) is 85.8 Å². The van der Waals surface area contributed by atoms with Crippen LogP contribution in [0.15, 0.2) is 133 Å². The van der Waals surface area contributed by atoms with Crippen molar-refractivity contribution < 1.29 is 129 Å². The fourth-order valence-corrected chi connectivity index (χ4v) is 13.2. The van der Waals surface area contributed by atoms with E-state index in [2.05, 4.69) is 6.92 Å². The predicted molar refractivity (Wildman–Crippen MR) is 349 cm³/mol. The van der Waals surface area contributed by atoms with Gasteiger partial charge in [-0.2, -0.15) is 52.7 Å². The second kappa shape index (κ2) is 38.0. The van der Waals surface area contributed by atoms with Crippen LogP contribution < -0.4 is 0 Å². The minimum absolute atomic E-state index is 0.0491. The third-order valence-electron chi connectivity index (χ3n) is 18.7. The molecule has 4 aromatic rings. The molecule has 2 aliphatic heterocycles. The molecule has 2 aliphatic rings. The summed E-state index contributed by atoms with van der Waals surface area (Å²) in [6.45, 7) is 3.58. The van der Waals surface area contributed by atoms with Gasteiger partial charge < -0.3 is 47.4 Å². The number of alkyl halides is 12. The number of ketones is 1. The van der Waals surface area contributed by atoms with Crippen LogP contribution in [0.25, 0.3) is 0 Å². The van der Waals surface area contributed by atoms with Crippen molar-refractivity contribution in [3.63, 3.8) is 0 Å². The number of rotatable bonds is 42. The van der Waals surface area contributed by atoms with Crippen molar-refractivity contribution in [1.82, 2.24) is 0 Å². The Hall–Kier alpha value is -7.40. The summed E-state index contributed by atoms with van der Waals surface area (Å²) in [5.41, 5.74) is -17.7. The minimum Gasteiger partial charge on any atom is -0.459 e. The molecule has 0 unspecified atom stereocenters. The normalized spacial score (nSPS) is 19.4. The summed E-state index contributed by atoms with van der Waals surface area (Å²) in [6, 6.07) is 23.1. The maximum atomic E-state index is 15.5. The second-order valence-corrected chi connectivity index (χ2v) is 25.6. The Morgan fingerprint density at radius 2 is 0.748 bits per heavy atom. The number of ether oxygens (including phenoxy) is 10. The molecular formula is C75H90F12O16. The van der Waals surface area contributed by atoms with Crippen molar-refractivity contribution in [2.45, 2.75) is 245 Å². The van der Waals surface area contributed by atoms with Gasteiger partial charge in [0.1, 0.15) is 36.3 Å². The molecule has 0 aromatic heterocycles. The molecule has 0 aliphatic carbocycles. The van der Waals surface area contributed by atoms with Gasteiger partial charge in [0.2, 0.25) is 0 Å². The van der Waals surface area contributed by atoms with Gasteiger partial charge in [0.25, 0.3) is 22.4 Å². The van der Waals surface area contributed by atoms with Gasteiger partial charge in [-0.05, 0) is 77.2 Å². The fraction of sp³-hybridized carbons (Fsp3) is 0.573. The highest BCUT2D eigenvalue weighted by atomic mass is 19.4. The molecule has 16 nitrogen and oxygen atoms in total. The standard InChI is InChI=1S/C75H90F12O16/c1-7-8-9-10-11-12-13-14-15-28-43-59(102-66(92)70(96-5,74(82,83)84)54-36-24-18-25-37-54)61-45-46-62(101-61)60(103-67(93)71(97-6,75(85,86)87)55-38-26-19-27-39-55)44-30-29-40-56(88)49-58(100-65(91)69(95-4,73(79,80)81)53-34-22-17-23-35-53)42-31-41-57(48-51-47-50(2)98-63(51)89)99-64(90)68(94-3,72(76,77)78)52-32-20-16-21-33-52/h16-27,32-39,47,50,57-62H,7-15,28-31,40-46,48-49H2,1-6H3/t50-,57+,58+,59+,60+,61+,62+,68+,69+,70+,71+/m0/s1. The highest BCUT2D eigenvalue weighted by Crippen LogP contribution is 2.49. The number of unbranched alkanes of at least 4 members (excludes halogenated alkanes) is 10. The van der Waals surface area contributed by atoms with Crippen molar-refractivity contribution in [1.29, 1.82) is 0 Å². The van der Waals surface area contributed by atoms with Gasteiger partial charge in [0.15, 0.2) is 0 Å². The van der Waals surface area contributed by atoms with E-state index in [9.17, 15) is 28.8 Å². The van der Waals surface area contributed by atoms with E-state index in [-0.39, 0.29) is 37.7 Å². The van der Waals surface area contributed by atoms with Gasteiger partial charge in [-0.1, -0.05) is 186 Å². The van der Waals surface area contributed by atoms with Gasteiger partial charge in [-0.15, -0.1) is 0 Å². The van der Waals surface area contributed by atoms with Crippen LogP contribution in [0.1, 0.15) is 177 Å². The van der Waals surface area contributed by atoms with Crippen LogP contribution >= 0.6 is 0 Å². The Kier molecular flexibility index (Phi) is 31.2. The molecule has 4 aromatic carbocycles. The SMILES string of the molecule is CCCCCCCCCCCC[C@@H](OC(=O)[C@](OC)(c1ccccc1)C(F)(F)F)[C@H]1CC[C@H]([C@@H](CCCCC(=O)C[C@@H](CCC[C@H](CC2=C[C@H](C)OC2=O)OC(=O)[C@](OC)(c2ccccc2)C(F)(F)F)OC(=O)[C@](OC)(c2ccccc2)C(F)(F)F)OC(=O)[C@](OC)(c2ccccc2)C(F)(F)F)O1. The molecule has 0 bridgehead atoms. The molecular weight excluding hydrogens is 1380 g/mol. The molecule has 28 heteroatoms. The first-order valence-corrected chi connectivity index (χ1v) is 34.4. The number of carbonyl (C=O) groups excluding carboxylic acids is 6. The van der Waals surface area contributed by atoms with E-state index < -0.39 is 193 Å². The topological polar surface area (TPSA) is 195 Å². The number of hydrogen-bond acceptors (Lipinski definition) is 16. The van der Waals surface area contributed by atoms with Crippen LogP contribution in [0.4, 0.5) is 52.7 Å². The number of cyclic esters (lactones) is 1.